The molecule has 0 spiro atoms. The van der Waals surface area contributed by atoms with Crippen molar-refractivity contribution in [2.24, 2.45) is 5.73 Å². The van der Waals surface area contributed by atoms with Crippen molar-refractivity contribution < 1.29 is 4.74 Å². The van der Waals surface area contributed by atoms with E-state index in [0.29, 0.717) is 5.82 Å². The molecule has 1 aromatic carbocycles. The molecule has 1 unspecified atom stereocenters. The lowest BCUT2D eigenvalue weighted by Crippen LogP contribution is -2.17. The lowest BCUT2D eigenvalue weighted by molar-refractivity contribution is 0.407. The molecule has 4 heteroatoms. The lowest BCUT2D eigenvalue weighted by Gasteiger charge is -2.19. The Kier molecular flexibility index (Phi) is 3.71. The van der Waals surface area contributed by atoms with Gasteiger partial charge in [0, 0.05) is 17.3 Å². The van der Waals surface area contributed by atoms with E-state index in [1.165, 1.54) is 0 Å². The fourth-order valence-electron chi connectivity index (χ4n) is 2.23. The first-order valence-corrected chi connectivity index (χ1v) is 6.15. The smallest absolute Gasteiger partial charge is 0.128 e. The SMILES string of the molecule is COc1cc(C)ccc1C(N)c1c(C)ccnc1N. The topological polar surface area (TPSA) is 74.2 Å². The molecular formula is C15H19N3O. The number of anilines is 1. The van der Waals surface area contributed by atoms with Crippen molar-refractivity contribution in [1.29, 1.82) is 0 Å². The second kappa shape index (κ2) is 5.28. The van der Waals surface area contributed by atoms with Crippen molar-refractivity contribution in [3.05, 3.63) is 52.7 Å². The summed E-state index contributed by atoms with van der Waals surface area (Å²) in [5, 5.41) is 0. The number of aromatic nitrogens is 1. The van der Waals surface area contributed by atoms with Crippen LogP contribution in [0.2, 0.25) is 0 Å². The molecule has 0 radical (unpaired) electrons. The van der Waals surface area contributed by atoms with Crippen LogP contribution in [-0.2, 0) is 0 Å². The summed E-state index contributed by atoms with van der Waals surface area (Å²) in [5.41, 5.74) is 16.2. The van der Waals surface area contributed by atoms with Crippen LogP contribution in [-0.4, -0.2) is 12.1 Å². The first-order valence-electron chi connectivity index (χ1n) is 6.15. The molecule has 0 bridgehead atoms. The Hall–Kier alpha value is -2.07. The fourth-order valence-corrected chi connectivity index (χ4v) is 2.23. The Morgan fingerprint density at radius 1 is 1.21 bits per heavy atom. The molecule has 0 fully saturated rings. The van der Waals surface area contributed by atoms with Crippen LogP contribution < -0.4 is 16.2 Å². The number of nitrogen functional groups attached to an aromatic ring is 1. The van der Waals surface area contributed by atoms with Gasteiger partial charge in [0.2, 0.25) is 0 Å². The minimum absolute atomic E-state index is 0.343. The molecule has 1 atom stereocenters. The van der Waals surface area contributed by atoms with E-state index in [9.17, 15) is 0 Å². The van der Waals surface area contributed by atoms with E-state index in [-0.39, 0.29) is 6.04 Å². The van der Waals surface area contributed by atoms with Gasteiger partial charge in [0.25, 0.3) is 0 Å². The molecule has 1 aromatic heterocycles. The van der Waals surface area contributed by atoms with Gasteiger partial charge in [-0.15, -0.1) is 0 Å². The summed E-state index contributed by atoms with van der Waals surface area (Å²) in [7, 11) is 1.64. The van der Waals surface area contributed by atoms with Crippen molar-refractivity contribution in [3.8, 4) is 5.75 Å². The van der Waals surface area contributed by atoms with Crippen LogP contribution in [0.15, 0.2) is 30.5 Å². The highest BCUT2D eigenvalue weighted by Gasteiger charge is 2.18. The van der Waals surface area contributed by atoms with Crippen molar-refractivity contribution in [2.75, 3.05) is 12.8 Å². The Labute approximate surface area is 113 Å². The van der Waals surface area contributed by atoms with Crippen molar-refractivity contribution in [1.82, 2.24) is 4.98 Å². The quantitative estimate of drug-likeness (QED) is 0.885. The summed E-state index contributed by atoms with van der Waals surface area (Å²) in [4.78, 5) is 4.12. The second-order valence-electron chi connectivity index (χ2n) is 4.65. The zero-order valence-electron chi connectivity index (χ0n) is 11.5. The first kappa shape index (κ1) is 13.4. The number of nitrogens with two attached hydrogens (primary N) is 2. The van der Waals surface area contributed by atoms with Gasteiger partial charge < -0.3 is 16.2 Å². The Morgan fingerprint density at radius 3 is 2.58 bits per heavy atom. The zero-order valence-corrected chi connectivity index (χ0v) is 11.5. The van der Waals surface area contributed by atoms with E-state index in [2.05, 4.69) is 4.98 Å². The number of hydrogen-bond donors (Lipinski definition) is 2. The minimum atomic E-state index is -0.343. The fraction of sp³-hybridized carbons (Fsp3) is 0.267. The third-order valence-electron chi connectivity index (χ3n) is 3.27. The molecule has 0 saturated heterocycles. The average molecular weight is 257 g/mol. The summed E-state index contributed by atoms with van der Waals surface area (Å²) >= 11 is 0. The molecule has 0 aliphatic heterocycles. The van der Waals surface area contributed by atoms with E-state index in [1.807, 2.05) is 38.1 Å². The van der Waals surface area contributed by atoms with Gasteiger partial charge in [-0.05, 0) is 37.1 Å². The van der Waals surface area contributed by atoms with Crippen molar-refractivity contribution in [2.45, 2.75) is 19.9 Å². The maximum absolute atomic E-state index is 6.34. The van der Waals surface area contributed by atoms with Gasteiger partial charge in [-0.25, -0.2) is 4.98 Å². The highest BCUT2D eigenvalue weighted by molar-refractivity contribution is 5.52. The van der Waals surface area contributed by atoms with Gasteiger partial charge in [0.05, 0.1) is 13.2 Å². The predicted octanol–water partition coefficient (Wildman–Crippen LogP) is 2.34. The number of pyridine rings is 1. The summed E-state index contributed by atoms with van der Waals surface area (Å²) < 4.78 is 5.41. The highest BCUT2D eigenvalue weighted by Crippen LogP contribution is 2.32. The third kappa shape index (κ3) is 2.53. The van der Waals surface area contributed by atoms with Crippen LogP contribution in [0.25, 0.3) is 0 Å². The Bertz CT molecular complexity index is 576. The van der Waals surface area contributed by atoms with Gasteiger partial charge >= 0.3 is 0 Å². The molecule has 19 heavy (non-hydrogen) atoms. The molecule has 4 N–H and O–H groups in total. The number of benzene rings is 1. The largest absolute Gasteiger partial charge is 0.496 e. The molecule has 0 saturated carbocycles. The monoisotopic (exact) mass is 257 g/mol. The summed E-state index contributed by atoms with van der Waals surface area (Å²) in [6.07, 6.45) is 1.69. The zero-order chi connectivity index (χ0) is 14.0. The summed E-state index contributed by atoms with van der Waals surface area (Å²) in [6.45, 7) is 4.00. The number of methoxy groups -OCH3 is 1. The molecule has 0 aliphatic rings. The summed E-state index contributed by atoms with van der Waals surface area (Å²) in [5.74, 6) is 1.24. The van der Waals surface area contributed by atoms with Crippen LogP contribution in [0, 0.1) is 13.8 Å². The predicted molar refractivity (Wildman–Crippen MR) is 77.1 cm³/mol. The van der Waals surface area contributed by atoms with Crippen LogP contribution >= 0.6 is 0 Å². The van der Waals surface area contributed by atoms with E-state index >= 15 is 0 Å². The molecule has 100 valence electrons. The van der Waals surface area contributed by atoms with Crippen LogP contribution in [0.5, 0.6) is 5.75 Å². The van der Waals surface area contributed by atoms with Crippen molar-refractivity contribution in [3.63, 3.8) is 0 Å². The normalized spacial score (nSPS) is 12.2. The van der Waals surface area contributed by atoms with E-state index < -0.39 is 0 Å². The van der Waals surface area contributed by atoms with Crippen LogP contribution in [0.1, 0.15) is 28.3 Å². The number of nitrogens with zero attached hydrogens (tertiary/aromatic N) is 1. The standard InChI is InChI=1S/C15H19N3O/c1-9-4-5-11(12(8-9)19-3)14(16)13-10(2)6-7-18-15(13)17/h4-8,14H,16H2,1-3H3,(H2,17,18). The number of hydrogen-bond acceptors (Lipinski definition) is 4. The van der Waals surface area contributed by atoms with E-state index in [4.69, 9.17) is 16.2 Å². The second-order valence-corrected chi connectivity index (χ2v) is 4.65. The van der Waals surface area contributed by atoms with E-state index in [0.717, 1.165) is 28.0 Å². The molecule has 0 aliphatic carbocycles. The van der Waals surface area contributed by atoms with E-state index in [1.54, 1.807) is 13.3 Å². The molecular weight excluding hydrogens is 238 g/mol. The molecule has 2 rings (SSSR count). The average Bonchev–Trinajstić information content (AvgIpc) is 2.38. The van der Waals surface area contributed by atoms with Crippen molar-refractivity contribution >= 4 is 5.82 Å². The van der Waals surface area contributed by atoms with Gasteiger partial charge in [0.1, 0.15) is 11.6 Å². The highest BCUT2D eigenvalue weighted by atomic mass is 16.5. The lowest BCUT2D eigenvalue weighted by atomic mass is 9.95. The van der Waals surface area contributed by atoms with Gasteiger partial charge in [-0.1, -0.05) is 12.1 Å². The molecule has 2 aromatic rings. The molecule has 1 heterocycles. The van der Waals surface area contributed by atoms with Gasteiger partial charge in [-0.2, -0.15) is 0 Å². The number of rotatable bonds is 3. The van der Waals surface area contributed by atoms with Crippen LogP contribution in [0.4, 0.5) is 5.82 Å². The van der Waals surface area contributed by atoms with Crippen LogP contribution in [0.3, 0.4) is 0 Å². The summed E-state index contributed by atoms with van der Waals surface area (Å²) in [6, 6.07) is 7.53. The Morgan fingerprint density at radius 2 is 1.95 bits per heavy atom. The molecule has 0 amide bonds. The minimum Gasteiger partial charge on any atom is -0.496 e. The van der Waals surface area contributed by atoms with Gasteiger partial charge in [-0.3, -0.25) is 0 Å². The number of aryl methyl sites for hydroxylation is 2. The number of ether oxygens (including phenoxy) is 1. The third-order valence-corrected chi connectivity index (χ3v) is 3.27. The first-order chi connectivity index (χ1) is 9.04. The van der Waals surface area contributed by atoms with Gasteiger partial charge in [0.15, 0.2) is 0 Å². The maximum atomic E-state index is 6.34. The Balaban J connectivity index is 2.53. The maximum Gasteiger partial charge on any atom is 0.128 e. The molecule has 4 nitrogen and oxygen atoms in total.